The Morgan fingerprint density at radius 1 is 0.273 bits per heavy atom. The third-order valence-electron chi connectivity index (χ3n) is 6.49. The zero-order chi connectivity index (χ0) is 22.8. The van der Waals surface area contributed by atoms with Gasteiger partial charge in [0.15, 0.2) is 0 Å². The highest BCUT2D eigenvalue weighted by Crippen LogP contribution is 2.38. The molecule has 0 unspecified atom stereocenters. The van der Waals surface area contributed by atoms with Gasteiger partial charge in [-0.1, -0.05) is 0 Å². The van der Waals surface area contributed by atoms with E-state index in [1.165, 1.54) is 0 Å². The van der Waals surface area contributed by atoms with Crippen LogP contribution in [0.25, 0.3) is 64.6 Å². The Labute approximate surface area is 178 Å². The van der Waals surface area contributed by atoms with Gasteiger partial charge in [-0.2, -0.15) is 0 Å². The van der Waals surface area contributed by atoms with E-state index in [9.17, 15) is 28.8 Å². The molecule has 9 nitrogen and oxygen atoms in total. The average Bonchev–Trinajstić information content (AvgIpc) is 3.35. The fraction of sp³-hybridized carbons (Fsp3) is 0. The molecule has 3 heterocycles. The van der Waals surface area contributed by atoms with Crippen molar-refractivity contribution in [2.75, 3.05) is 0 Å². The summed E-state index contributed by atoms with van der Waals surface area (Å²) >= 11 is 0. The van der Waals surface area contributed by atoms with Crippen molar-refractivity contribution >= 4 is 64.6 Å². The van der Waals surface area contributed by atoms with Crippen LogP contribution >= 0.6 is 0 Å². The Bertz CT molecular complexity index is 1910. The molecule has 3 aromatic heterocycles. The zero-order valence-electron chi connectivity index (χ0n) is 16.4. The summed E-state index contributed by atoms with van der Waals surface area (Å²) in [4.78, 5) is 80.6. The fourth-order valence-electron chi connectivity index (χ4n) is 4.98. The molecule has 0 saturated heterocycles. The summed E-state index contributed by atoms with van der Waals surface area (Å²) < 4.78 is 0. The van der Waals surface area contributed by atoms with E-state index in [0.29, 0.717) is 32.3 Å². The van der Waals surface area contributed by atoms with Gasteiger partial charge in [0.25, 0.3) is 33.4 Å². The van der Waals surface area contributed by atoms with Gasteiger partial charge in [-0.05, 0) is 68.7 Å². The van der Waals surface area contributed by atoms with E-state index in [1.807, 2.05) is 0 Å². The molecule has 7 rings (SSSR count). The van der Waals surface area contributed by atoms with Crippen LogP contribution in [0.5, 0.6) is 0 Å². The number of aromatic nitrogens is 3. The number of benzene rings is 4. The number of rotatable bonds is 0. The third kappa shape index (κ3) is 2.05. The van der Waals surface area contributed by atoms with Crippen molar-refractivity contribution < 1.29 is 0 Å². The normalized spacial score (nSPS) is 12.4. The summed E-state index contributed by atoms with van der Waals surface area (Å²) in [7, 11) is 0. The van der Waals surface area contributed by atoms with E-state index in [0.717, 1.165) is 0 Å². The molecular weight excluding hydrogens is 426 g/mol. The van der Waals surface area contributed by atoms with Gasteiger partial charge in [0.1, 0.15) is 0 Å². The first-order valence-corrected chi connectivity index (χ1v) is 9.94. The quantitative estimate of drug-likeness (QED) is 0.303. The molecule has 0 bridgehead atoms. The van der Waals surface area contributed by atoms with Gasteiger partial charge < -0.3 is 0 Å². The zero-order valence-corrected chi connectivity index (χ0v) is 16.4. The standard InChI is InChI=1S/C24H9N3O6/c28-19-13-1-7-8(2-14(13)20(29)25-19)10-4-17-18(24(33)27-23(17)32)6-12(10)11-5-16-15(3-9(7)11)21(30)26-22(16)31/h1-6H,(H,25,28,29)(H,26,30,31)(H,27,32,33). The minimum atomic E-state index is -0.529. The lowest BCUT2D eigenvalue weighted by atomic mass is 9.91. The van der Waals surface area contributed by atoms with Crippen molar-refractivity contribution in [2.45, 2.75) is 0 Å². The van der Waals surface area contributed by atoms with Crippen LogP contribution in [0.3, 0.4) is 0 Å². The molecule has 0 aliphatic rings. The first-order chi connectivity index (χ1) is 15.8. The van der Waals surface area contributed by atoms with Crippen molar-refractivity contribution in [2.24, 2.45) is 0 Å². The first-order valence-electron chi connectivity index (χ1n) is 9.94. The molecule has 0 atom stereocenters. The maximum absolute atomic E-state index is 12.3. The fourth-order valence-corrected chi connectivity index (χ4v) is 4.98. The summed E-state index contributed by atoms with van der Waals surface area (Å²) in [5.41, 5.74) is -3.18. The Morgan fingerprint density at radius 3 is 0.576 bits per heavy atom. The van der Waals surface area contributed by atoms with Gasteiger partial charge in [0, 0.05) is 0 Å². The molecule has 0 aliphatic carbocycles. The summed E-state index contributed by atoms with van der Waals surface area (Å²) in [6.45, 7) is 0. The van der Waals surface area contributed by atoms with Crippen molar-refractivity contribution in [1.29, 1.82) is 0 Å². The predicted molar refractivity (Wildman–Crippen MR) is 126 cm³/mol. The highest BCUT2D eigenvalue weighted by Gasteiger charge is 2.18. The van der Waals surface area contributed by atoms with Gasteiger partial charge in [-0.15, -0.1) is 0 Å². The third-order valence-corrected chi connectivity index (χ3v) is 6.49. The predicted octanol–water partition coefficient (Wildman–Crippen LogP) is 1.06. The van der Waals surface area contributed by atoms with E-state index in [2.05, 4.69) is 15.0 Å². The Hall–Kier alpha value is -4.92. The molecule has 4 aromatic carbocycles. The molecule has 33 heavy (non-hydrogen) atoms. The van der Waals surface area contributed by atoms with Crippen molar-refractivity contribution in [3.05, 3.63) is 98.5 Å². The number of H-pyrrole nitrogens is 3. The molecule has 156 valence electrons. The maximum atomic E-state index is 12.3. The van der Waals surface area contributed by atoms with E-state index in [-0.39, 0.29) is 32.3 Å². The molecular formula is C24H9N3O6. The van der Waals surface area contributed by atoms with Gasteiger partial charge in [-0.3, -0.25) is 43.7 Å². The highest BCUT2D eigenvalue weighted by molar-refractivity contribution is 6.30. The second kappa shape index (κ2) is 5.46. The van der Waals surface area contributed by atoms with E-state index in [4.69, 9.17) is 0 Å². The van der Waals surface area contributed by atoms with Gasteiger partial charge in [0.2, 0.25) is 0 Å². The van der Waals surface area contributed by atoms with Crippen LogP contribution in [0.1, 0.15) is 0 Å². The minimum absolute atomic E-state index is 0.197. The Kier molecular flexibility index (Phi) is 2.93. The molecule has 0 aliphatic heterocycles. The summed E-state index contributed by atoms with van der Waals surface area (Å²) in [5.74, 6) is 0. The molecule has 9 heteroatoms. The number of nitrogens with one attached hydrogen (secondary N) is 3. The molecule has 0 fully saturated rings. The number of hydrogen-bond donors (Lipinski definition) is 3. The summed E-state index contributed by atoms with van der Waals surface area (Å²) in [6, 6.07) is 9.45. The van der Waals surface area contributed by atoms with Crippen LogP contribution in [0.2, 0.25) is 0 Å². The van der Waals surface area contributed by atoms with E-state index < -0.39 is 33.4 Å². The molecule has 0 saturated carbocycles. The lowest BCUT2D eigenvalue weighted by Crippen LogP contribution is -2.05. The van der Waals surface area contributed by atoms with Crippen LogP contribution in [0.15, 0.2) is 65.2 Å². The Balaban J connectivity index is 1.90. The molecule has 3 N–H and O–H groups in total. The molecule has 0 spiro atoms. The second-order valence-electron chi connectivity index (χ2n) is 8.18. The van der Waals surface area contributed by atoms with E-state index >= 15 is 0 Å². The van der Waals surface area contributed by atoms with Crippen LogP contribution < -0.4 is 33.4 Å². The smallest absolute Gasteiger partial charge is 0.258 e. The number of fused-ring (bicyclic) bond motifs is 9. The van der Waals surface area contributed by atoms with Gasteiger partial charge >= 0.3 is 0 Å². The number of hydrogen-bond acceptors (Lipinski definition) is 6. The van der Waals surface area contributed by atoms with E-state index in [1.54, 1.807) is 36.4 Å². The van der Waals surface area contributed by atoms with Crippen LogP contribution in [-0.2, 0) is 0 Å². The van der Waals surface area contributed by atoms with Crippen molar-refractivity contribution in [3.63, 3.8) is 0 Å². The average molecular weight is 435 g/mol. The minimum Gasteiger partial charge on any atom is -0.288 e. The lowest BCUT2D eigenvalue weighted by molar-refractivity contribution is 1.26. The summed E-state index contributed by atoms with van der Waals surface area (Å²) in [5, 5.41) is 4.61. The van der Waals surface area contributed by atoms with Crippen molar-refractivity contribution in [1.82, 2.24) is 15.0 Å². The monoisotopic (exact) mass is 435 g/mol. The molecule has 7 aromatic rings. The van der Waals surface area contributed by atoms with Crippen LogP contribution in [0, 0.1) is 0 Å². The van der Waals surface area contributed by atoms with Gasteiger partial charge in [-0.25, -0.2) is 0 Å². The van der Waals surface area contributed by atoms with Gasteiger partial charge in [0.05, 0.1) is 32.3 Å². The maximum Gasteiger partial charge on any atom is 0.258 e. The number of aromatic amines is 3. The van der Waals surface area contributed by atoms with Crippen molar-refractivity contribution in [3.8, 4) is 0 Å². The largest absolute Gasteiger partial charge is 0.288 e. The second-order valence-corrected chi connectivity index (χ2v) is 8.18. The van der Waals surface area contributed by atoms with Crippen LogP contribution in [-0.4, -0.2) is 15.0 Å². The SMILES string of the molecule is O=c1[nH]c(=O)c2cc3c(cc12)c1cc2c(=O)[nH]c(=O)c2cc1c1cc2c(=O)[nH]c(=O)c2cc31. The lowest BCUT2D eigenvalue weighted by Gasteiger charge is -2.11. The Morgan fingerprint density at radius 2 is 0.424 bits per heavy atom. The topological polar surface area (TPSA) is 150 Å². The van der Waals surface area contributed by atoms with Crippen LogP contribution in [0.4, 0.5) is 0 Å². The summed E-state index contributed by atoms with van der Waals surface area (Å²) in [6.07, 6.45) is 0. The first kappa shape index (κ1) is 17.7. The highest BCUT2D eigenvalue weighted by atomic mass is 16.2. The molecule has 0 radical (unpaired) electrons. The molecule has 0 amide bonds.